The first-order valence-electron chi connectivity index (χ1n) is 20.2. The first-order chi connectivity index (χ1) is 29.2. The number of rotatable bonds is 4. The highest BCUT2D eigenvalue weighted by Crippen LogP contribution is 2.42. The lowest BCUT2D eigenvalue weighted by atomic mass is 9.98. The molecule has 0 N–H and O–H groups in total. The minimum atomic E-state index is 0.895. The molecule has 0 bridgehead atoms. The van der Waals surface area contributed by atoms with E-state index in [9.17, 15) is 0 Å². The summed E-state index contributed by atoms with van der Waals surface area (Å²) in [4.78, 5) is 0. The molecule has 0 unspecified atom stereocenters. The van der Waals surface area contributed by atoms with E-state index >= 15 is 0 Å². The van der Waals surface area contributed by atoms with Gasteiger partial charge in [0.05, 0.1) is 22.1 Å². The molecule has 274 valence electrons. The van der Waals surface area contributed by atoms with Gasteiger partial charge >= 0.3 is 0 Å². The number of nitrogens with zero attached hydrogens (tertiary/aromatic N) is 2. The lowest BCUT2D eigenvalue weighted by Crippen LogP contribution is -1.95. The van der Waals surface area contributed by atoms with Crippen molar-refractivity contribution in [2.45, 2.75) is 0 Å². The molecule has 3 heteroatoms. The largest absolute Gasteiger partial charge is 0.456 e. The summed E-state index contributed by atoms with van der Waals surface area (Å²) in [5, 5.41) is 12.2. The lowest BCUT2D eigenvalue weighted by molar-refractivity contribution is 0.668. The molecule has 59 heavy (non-hydrogen) atoms. The Kier molecular flexibility index (Phi) is 6.72. The first-order valence-corrected chi connectivity index (χ1v) is 20.2. The summed E-state index contributed by atoms with van der Waals surface area (Å²) in [6, 6.07) is 75.2. The van der Waals surface area contributed by atoms with Crippen molar-refractivity contribution >= 4 is 87.1 Å². The Balaban J connectivity index is 0.996. The molecule has 0 radical (unpaired) electrons. The van der Waals surface area contributed by atoms with E-state index in [1.54, 1.807) is 0 Å². The summed E-state index contributed by atoms with van der Waals surface area (Å²) in [6.45, 7) is 0. The Morgan fingerprint density at radius 2 is 0.881 bits per heavy atom. The summed E-state index contributed by atoms with van der Waals surface area (Å²) in [5.74, 6) is 0. The van der Waals surface area contributed by atoms with Crippen LogP contribution in [0.4, 0.5) is 0 Å². The van der Waals surface area contributed by atoms with Crippen LogP contribution in [-0.2, 0) is 0 Å². The maximum Gasteiger partial charge on any atom is 0.137 e. The van der Waals surface area contributed by atoms with Crippen LogP contribution in [0.15, 0.2) is 211 Å². The highest BCUT2D eigenvalue weighted by Gasteiger charge is 2.19. The van der Waals surface area contributed by atoms with Crippen molar-refractivity contribution in [1.82, 2.24) is 9.13 Å². The third-order valence-corrected chi connectivity index (χ3v) is 12.5. The third kappa shape index (κ3) is 4.76. The van der Waals surface area contributed by atoms with Gasteiger partial charge in [-0.15, -0.1) is 0 Å². The van der Waals surface area contributed by atoms with Gasteiger partial charge in [0.1, 0.15) is 11.2 Å². The molecule has 10 aromatic carbocycles. The van der Waals surface area contributed by atoms with Crippen molar-refractivity contribution in [3.63, 3.8) is 0 Å². The van der Waals surface area contributed by atoms with Crippen LogP contribution in [-0.4, -0.2) is 9.13 Å². The number of furan rings is 1. The van der Waals surface area contributed by atoms with Gasteiger partial charge in [-0.25, -0.2) is 0 Å². The Morgan fingerprint density at radius 3 is 1.73 bits per heavy atom. The predicted octanol–water partition coefficient (Wildman–Crippen LogP) is 15.4. The van der Waals surface area contributed by atoms with Crippen LogP contribution in [0.1, 0.15) is 0 Å². The van der Waals surface area contributed by atoms with Crippen LogP contribution in [0.3, 0.4) is 0 Å². The topological polar surface area (TPSA) is 23.0 Å². The molecule has 13 rings (SSSR count). The molecule has 0 saturated carbocycles. The predicted molar refractivity (Wildman–Crippen MR) is 248 cm³/mol. The van der Waals surface area contributed by atoms with E-state index in [0.717, 1.165) is 33.3 Å². The zero-order valence-electron chi connectivity index (χ0n) is 31.9. The summed E-state index contributed by atoms with van der Waals surface area (Å²) in [7, 11) is 0. The second-order valence-electron chi connectivity index (χ2n) is 15.7. The van der Waals surface area contributed by atoms with Gasteiger partial charge in [0.25, 0.3) is 0 Å². The second-order valence-corrected chi connectivity index (χ2v) is 15.7. The van der Waals surface area contributed by atoms with Gasteiger partial charge in [-0.1, -0.05) is 140 Å². The average molecular weight is 751 g/mol. The number of fused-ring (bicyclic) bond motifs is 12. The van der Waals surface area contributed by atoms with Gasteiger partial charge < -0.3 is 13.6 Å². The molecule has 0 aliphatic rings. The van der Waals surface area contributed by atoms with Gasteiger partial charge in [0.2, 0.25) is 0 Å². The van der Waals surface area contributed by atoms with E-state index in [1.165, 1.54) is 87.4 Å². The van der Waals surface area contributed by atoms with Crippen LogP contribution in [0.5, 0.6) is 0 Å². The first kappa shape index (κ1) is 32.2. The van der Waals surface area contributed by atoms with E-state index in [-0.39, 0.29) is 0 Å². The number of aromatic nitrogens is 2. The zero-order valence-corrected chi connectivity index (χ0v) is 31.9. The minimum absolute atomic E-state index is 0.895. The Morgan fingerprint density at radius 1 is 0.288 bits per heavy atom. The maximum atomic E-state index is 6.34. The average Bonchev–Trinajstić information content (AvgIpc) is 3.96. The van der Waals surface area contributed by atoms with Crippen LogP contribution in [0.25, 0.3) is 121 Å². The van der Waals surface area contributed by atoms with Crippen molar-refractivity contribution in [2.75, 3.05) is 0 Å². The molecule has 0 atom stereocenters. The van der Waals surface area contributed by atoms with Crippen molar-refractivity contribution in [2.24, 2.45) is 0 Å². The molecule has 13 aromatic rings. The standard InChI is InChI=1S/C56H34N2O/c1-3-16-42-35(11-1)13-10-20-43(42)39-14-9-15-40(31-39)58-53-30-25-38(33-50(53)48-27-23-36-12-2-4-17-44(36)56(48)58)37-24-29-52-49(32-37)45-18-5-7-21-51(45)57(52)41-26-28-47-46-19-6-8-22-54(46)59-55(47)34-41/h1-34H. The Bertz CT molecular complexity index is 3850. The summed E-state index contributed by atoms with van der Waals surface area (Å²) < 4.78 is 11.2. The van der Waals surface area contributed by atoms with E-state index < -0.39 is 0 Å². The minimum Gasteiger partial charge on any atom is -0.456 e. The van der Waals surface area contributed by atoms with E-state index in [2.05, 4.69) is 203 Å². The molecule has 0 aliphatic carbocycles. The lowest BCUT2D eigenvalue weighted by Gasteiger charge is -2.13. The number of para-hydroxylation sites is 2. The summed E-state index contributed by atoms with van der Waals surface area (Å²) >= 11 is 0. The van der Waals surface area contributed by atoms with Gasteiger partial charge in [0.15, 0.2) is 0 Å². The van der Waals surface area contributed by atoms with Crippen LogP contribution in [0, 0.1) is 0 Å². The Labute approximate surface area is 339 Å². The highest BCUT2D eigenvalue weighted by atomic mass is 16.3. The van der Waals surface area contributed by atoms with Gasteiger partial charge in [0, 0.05) is 55.1 Å². The zero-order chi connectivity index (χ0) is 38.6. The van der Waals surface area contributed by atoms with E-state index in [4.69, 9.17) is 4.42 Å². The SMILES string of the molecule is c1cc(-c2cccc3ccccc23)cc(-n2c3ccc(-c4ccc5c(c4)c4ccccc4n5-c4ccc5c(c4)oc4ccccc45)cc3c3ccc4ccccc4c32)c1. The summed E-state index contributed by atoms with van der Waals surface area (Å²) in [6.07, 6.45) is 0. The fraction of sp³-hybridized carbons (Fsp3) is 0. The summed E-state index contributed by atoms with van der Waals surface area (Å²) in [5.41, 5.74) is 13.6. The van der Waals surface area contributed by atoms with Crippen LogP contribution < -0.4 is 0 Å². The molecule has 3 heterocycles. The molecular weight excluding hydrogens is 717 g/mol. The van der Waals surface area contributed by atoms with Crippen molar-refractivity contribution in [1.29, 1.82) is 0 Å². The van der Waals surface area contributed by atoms with Gasteiger partial charge in [-0.05, 0) is 99.1 Å². The Hall–Kier alpha value is -7.88. The quantitative estimate of drug-likeness (QED) is 0.176. The van der Waals surface area contributed by atoms with E-state index in [0.29, 0.717) is 0 Å². The molecule has 0 spiro atoms. The van der Waals surface area contributed by atoms with Crippen molar-refractivity contribution in [3.8, 4) is 33.6 Å². The maximum absolute atomic E-state index is 6.34. The highest BCUT2D eigenvalue weighted by molar-refractivity contribution is 6.19. The van der Waals surface area contributed by atoms with Gasteiger partial charge in [-0.3, -0.25) is 0 Å². The molecular formula is C56H34N2O. The van der Waals surface area contributed by atoms with Crippen LogP contribution in [0.2, 0.25) is 0 Å². The smallest absolute Gasteiger partial charge is 0.137 e. The number of hydrogen-bond donors (Lipinski definition) is 0. The van der Waals surface area contributed by atoms with Crippen molar-refractivity contribution < 1.29 is 4.42 Å². The molecule has 0 fully saturated rings. The monoisotopic (exact) mass is 750 g/mol. The fourth-order valence-corrected chi connectivity index (χ4v) is 9.80. The van der Waals surface area contributed by atoms with Crippen molar-refractivity contribution in [3.05, 3.63) is 206 Å². The van der Waals surface area contributed by atoms with E-state index in [1.807, 2.05) is 12.1 Å². The molecule has 3 nitrogen and oxygen atoms in total. The van der Waals surface area contributed by atoms with Crippen LogP contribution >= 0.6 is 0 Å². The van der Waals surface area contributed by atoms with Gasteiger partial charge in [-0.2, -0.15) is 0 Å². The number of benzene rings is 10. The normalized spacial score (nSPS) is 12.1. The molecule has 3 aromatic heterocycles. The third-order valence-electron chi connectivity index (χ3n) is 12.5. The molecule has 0 amide bonds. The molecule has 0 saturated heterocycles. The molecule has 0 aliphatic heterocycles. The number of hydrogen-bond acceptors (Lipinski definition) is 1. The fourth-order valence-electron chi connectivity index (χ4n) is 9.80. The second kappa shape index (κ2) is 12.3.